The zero-order valence-corrected chi connectivity index (χ0v) is 25.5. The quantitative estimate of drug-likeness (QED) is 0.227. The van der Waals surface area contributed by atoms with Gasteiger partial charge in [-0.3, -0.25) is 14.2 Å². The summed E-state index contributed by atoms with van der Waals surface area (Å²) in [6, 6.07) is 24.9. The van der Waals surface area contributed by atoms with E-state index in [1.807, 2.05) is 92.7 Å². The molecule has 2 N–H and O–H groups in total. The van der Waals surface area contributed by atoms with Crippen LogP contribution in [0, 0.1) is 0 Å². The van der Waals surface area contributed by atoms with Crippen LogP contribution in [0.3, 0.4) is 0 Å². The van der Waals surface area contributed by atoms with Gasteiger partial charge in [-0.2, -0.15) is 0 Å². The van der Waals surface area contributed by atoms with Crippen molar-refractivity contribution in [3.63, 3.8) is 0 Å². The van der Waals surface area contributed by atoms with Crippen LogP contribution in [-0.2, 0) is 9.59 Å². The Morgan fingerprint density at radius 3 is 2.25 bits per heavy atom. The number of para-hydroxylation sites is 4. The molecule has 1 aromatic heterocycles. The van der Waals surface area contributed by atoms with Crippen molar-refractivity contribution in [2.75, 3.05) is 22.1 Å². The molecule has 4 aromatic rings. The van der Waals surface area contributed by atoms with Gasteiger partial charge in [-0.25, -0.2) is 0 Å². The number of allylic oxidation sites excluding steroid dienone is 1. The second-order valence-electron chi connectivity index (χ2n) is 12.1. The van der Waals surface area contributed by atoms with Crippen molar-refractivity contribution in [3.05, 3.63) is 103 Å². The second-order valence-corrected chi connectivity index (χ2v) is 12.1. The molecule has 44 heavy (non-hydrogen) atoms. The van der Waals surface area contributed by atoms with Crippen LogP contribution < -0.4 is 15.5 Å². The Balaban J connectivity index is 1.46. The predicted molar refractivity (Wildman–Crippen MR) is 176 cm³/mol. The molecular formula is C36H40N6O2. The van der Waals surface area contributed by atoms with E-state index in [2.05, 4.69) is 11.1 Å². The van der Waals surface area contributed by atoms with E-state index in [1.165, 1.54) is 6.42 Å². The van der Waals surface area contributed by atoms with E-state index in [1.54, 1.807) is 9.80 Å². The predicted octanol–water partition coefficient (Wildman–Crippen LogP) is 6.87. The molecule has 6 rings (SSSR count). The maximum absolute atomic E-state index is 14.8. The molecule has 8 heteroatoms. The fourth-order valence-electron chi connectivity index (χ4n) is 6.75. The number of fused-ring (bicyclic) bond motifs is 3. The smallest absolute Gasteiger partial charge is 0.247 e. The van der Waals surface area contributed by atoms with Crippen molar-refractivity contribution in [1.82, 2.24) is 14.8 Å². The van der Waals surface area contributed by atoms with Crippen molar-refractivity contribution in [1.29, 1.82) is 0 Å². The lowest BCUT2D eigenvalue weighted by molar-refractivity contribution is -0.123. The van der Waals surface area contributed by atoms with Crippen molar-refractivity contribution < 1.29 is 9.59 Å². The summed E-state index contributed by atoms with van der Waals surface area (Å²) in [6.45, 7) is 8.21. The molecule has 226 valence electrons. The molecule has 0 radical (unpaired) electrons. The number of nitrogens with two attached hydrogens (primary N) is 1. The van der Waals surface area contributed by atoms with Crippen LogP contribution >= 0.6 is 0 Å². The van der Waals surface area contributed by atoms with Gasteiger partial charge in [0, 0.05) is 28.9 Å². The Hall–Kier alpha value is -4.72. The average molecular weight is 589 g/mol. The Labute approximate surface area is 259 Å². The van der Waals surface area contributed by atoms with Gasteiger partial charge in [0.2, 0.25) is 11.8 Å². The molecular weight excluding hydrogens is 548 g/mol. The van der Waals surface area contributed by atoms with Gasteiger partial charge in [0.1, 0.15) is 18.3 Å². The summed E-state index contributed by atoms with van der Waals surface area (Å²) in [5.74, 6) is 0.637. The van der Waals surface area contributed by atoms with Crippen LogP contribution in [0.5, 0.6) is 0 Å². The van der Waals surface area contributed by atoms with E-state index in [0.29, 0.717) is 23.6 Å². The molecule has 1 atom stereocenters. The van der Waals surface area contributed by atoms with Crippen LogP contribution in [-0.4, -0.2) is 39.2 Å². The number of hydrogen-bond donors (Lipinski definition) is 1. The Morgan fingerprint density at radius 2 is 1.55 bits per heavy atom. The largest absolute Gasteiger partial charge is 0.398 e. The number of nitrogens with zero attached hydrogens (tertiary/aromatic N) is 5. The molecule has 8 nitrogen and oxygen atoms in total. The monoisotopic (exact) mass is 588 g/mol. The lowest BCUT2D eigenvalue weighted by atomic mass is 9.88. The van der Waals surface area contributed by atoms with Gasteiger partial charge < -0.3 is 15.5 Å². The van der Waals surface area contributed by atoms with E-state index < -0.39 is 5.92 Å². The molecule has 3 aromatic carbocycles. The van der Waals surface area contributed by atoms with E-state index in [4.69, 9.17) is 15.9 Å². The van der Waals surface area contributed by atoms with Crippen LogP contribution in [0.15, 0.2) is 85.4 Å². The molecule has 0 saturated heterocycles. The number of anilines is 3. The molecule has 1 fully saturated rings. The van der Waals surface area contributed by atoms with Gasteiger partial charge in [0.25, 0.3) is 0 Å². The highest BCUT2D eigenvalue weighted by Gasteiger charge is 2.40. The van der Waals surface area contributed by atoms with Crippen molar-refractivity contribution in [2.24, 2.45) is 0 Å². The van der Waals surface area contributed by atoms with Gasteiger partial charge in [-0.1, -0.05) is 74.4 Å². The summed E-state index contributed by atoms with van der Waals surface area (Å²) < 4.78 is 2.09. The molecule has 0 bridgehead atoms. The minimum atomic E-state index is -0.712. The number of amides is 2. The Morgan fingerprint density at radius 1 is 0.909 bits per heavy atom. The van der Waals surface area contributed by atoms with Gasteiger partial charge >= 0.3 is 0 Å². The summed E-state index contributed by atoms with van der Waals surface area (Å²) >= 11 is 0. The van der Waals surface area contributed by atoms with E-state index in [9.17, 15) is 9.59 Å². The van der Waals surface area contributed by atoms with Crippen LogP contribution in [0.2, 0.25) is 0 Å². The first-order valence-electron chi connectivity index (χ1n) is 15.6. The number of nitrogen functional groups attached to an aromatic ring is 1. The normalized spacial score (nSPS) is 16.8. The zero-order chi connectivity index (χ0) is 30.8. The highest BCUT2D eigenvalue weighted by atomic mass is 16.2. The van der Waals surface area contributed by atoms with Crippen molar-refractivity contribution in [3.8, 4) is 5.69 Å². The topological polar surface area (TPSA) is 97.4 Å². The Kier molecular flexibility index (Phi) is 8.33. The minimum Gasteiger partial charge on any atom is -0.398 e. The summed E-state index contributed by atoms with van der Waals surface area (Å²) in [6.07, 6.45) is 5.88. The lowest BCUT2D eigenvalue weighted by Crippen LogP contribution is -2.47. The standard InChI is InChI=1S/C36H40N6O2/c1-24(2)41(27-16-8-5-9-17-27)33(43)23-40-31-20-12-13-21-32(31)42-34(26-14-6-4-7-15-26)38-39-35(42)29(36(40)44)22-25(3)28-18-10-11-19-30(28)37/h5,8-13,16-21,24,26,29H,3-4,6-7,14-15,22-23,37H2,1-2H3. The molecule has 1 aliphatic heterocycles. The van der Waals surface area contributed by atoms with Crippen LogP contribution in [0.25, 0.3) is 11.3 Å². The number of aromatic nitrogens is 3. The maximum Gasteiger partial charge on any atom is 0.247 e. The molecule has 1 unspecified atom stereocenters. The average Bonchev–Trinajstić information content (AvgIpc) is 3.44. The number of hydrogen-bond acceptors (Lipinski definition) is 5. The van der Waals surface area contributed by atoms with Gasteiger partial charge in [-0.15, -0.1) is 10.2 Å². The summed E-state index contributed by atoms with van der Waals surface area (Å²) in [4.78, 5) is 32.3. The van der Waals surface area contributed by atoms with Gasteiger partial charge in [0.05, 0.1) is 11.4 Å². The first-order chi connectivity index (χ1) is 21.3. The fourth-order valence-corrected chi connectivity index (χ4v) is 6.75. The van der Waals surface area contributed by atoms with E-state index in [0.717, 1.165) is 54.0 Å². The molecule has 2 heterocycles. The molecule has 2 aliphatic rings. The summed E-state index contributed by atoms with van der Waals surface area (Å²) in [7, 11) is 0. The third-order valence-corrected chi connectivity index (χ3v) is 8.88. The SMILES string of the molecule is C=C(CC1C(=O)N(CC(=O)N(c2ccccc2)C(C)C)c2ccccc2-n2c(C3CCCCC3)nnc21)c1ccccc1N. The summed E-state index contributed by atoms with van der Waals surface area (Å²) in [5, 5.41) is 9.45. The number of rotatable bonds is 8. The van der Waals surface area contributed by atoms with E-state index >= 15 is 0 Å². The first-order valence-corrected chi connectivity index (χ1v) is 15.6. The van der Waals surface area contributed by atoms with Gasteiger partial charge in [0.15, 0.2) is 5.82 Å². The number of carbonyl (C=O) groups is 2. The molecule has 0 spiro atoms. The van der Waals surface area contributed by atoms with E-state index in [-0.39, 0.29) is 30.3 Å². The molecule has 2 amide bonds. The summed E-state index contributed by atoms with van der Waals surface area (Å²) in [5.41, 5.74) is 10.8. The fraction of sp³-hybridized carbons (Fsp3) is 0.333. The van der Waals surface area contributed by atoms with Crippen LogP contribution in [0.4, 0.5) is 17.1 Å². The first kappa shape index (κ1) is 29.4. The lowest BCUT2D eigenvalue weighted by Gasteiger charge is -2.31. The van der Waals surface area contributed by atoms with Crippen LogP contribution in [0.1, 0.15) is 81.4 Å². The Bertz CT molecular complexity index is 1670. The van der Waals surface area contributed by atoms with Gasteiger partial charge in [-0.05, 0) is 69.0 Å². The highest BCUT2D eigenvalue weighted by Crippen LogP contribution is 2.42. The minimum absolute atomic E-state index is 0.101. The van der Waals surface area contributed by atoms with Crippen molar-refractivity contribution in [2.45, 2.75) is 70.3 Å². The van der Waals surface area contributed by atoms with Crippen molar-refractivity contribution >= 4 is 34.4 Å². The molecule has 1 aliphatic carbocycles. The zero-order valence-electron chi connectivity index (χ0n) is 25.5. The number of benzene rings is 3. The molecule has 1 saturated carbocycles. The highest BCUT2D eigenvalue weighted by molar-refractivity contribution is 6.08. The third-order valence-electron chi connectivity index (χ3n) is 8.88. The number of carbonyl (C=O) groups excluding carboxylic acids is 2. The maximum atomic E-state index is 14.8. The second kappa shape index (κ2) is 12.5. The third kappa shape index (κ3) is 5.52.